The number of aromatic nitrogens is 1. The predicted octanol–water partition coefficient (Wildman–Crippen LogP) is 5.42. The Hall–Kier alpha value is -2.42. The Morgan fingerprint density at radius 2 is 1.81 bits per heavy atom. The van der Waals surface area contributed by atoms with E-state index in [4.69, 9.17) is 16.0 Å². The van der Waals surface area contributed by atoms with E-state index in [1.54, 1.807) is 16.4 Å². The average Bonchev–Trinajstić information content (AvgIpc) is 3.23. The molecule has 1 aromatic heterocycles. The summed E-state index contributed by atoms with van der Waals surface area (Å²) in [5, 5.41) is 3.88. The summed E-state index contributed by atoms with van der Waals surface area (Å²) in [6.45, 7) is 2.87. The van der Waals surface area contributed by atoms with Gasteiger partial charge in [-0.25, -0.2) is 13.4 Å². The summed E-state index contributed by atoms with van der Waals surface area (Å²) in [4.78, 5) is 17.7. The molecule has 3 aliphatic rings. The maximum absolute atomic E-state index is 12.9. The van der Waals surface area contributed by atoms with Crippen LogP contribution in [0.1, 0.15) is 62.3 Å². The molecule has 1 amide bonds. The summed E-state index contributed by atoms with van der Waals surface area (Å²) in [5.74, 6) is 1.45. The van der Waals surface area contributed by atoms with Gasteiger partial charge >= 0.3 is 0 Å². The number of sulfonamides is 1. The minimum atomic E-state index is -3.47. The second-order valence-corrected chi connectivity index (χ2v) is 13.7. The average molecular weight is 542 g/mol. The minimum absolute atomic E-state index is 0.0893. The van der Waals surface area contributed by atoms with Gasteiger partial charge in [-0.15, -0.1) is 0 Å². The van der Waals surface area contributed by atoms with Gasteiger partial charge in [0, 0.05) is 36.5 Å². The number of halogens is 1. The number of carbonyl (C=O) groups excluding carboxylic acids is 1. The highest BCUT2D eigenvalue weighted by Gasteiger charge is 2.54. The van der Waals surface area contributed by atoms with E-state index in [9.17, 15) is 13.2 Å². The summed E-state index contributed by atoms with van der Waals surface area (Å²) in [6, 6.07) is 12.7. The summed E-state index contributed by atoms with van der Waals surface area (Å²) in [5.41, 5.74) is 2.92. The smallest absolute Gasteiger partial charge is 0.243 e. The van der Waals surface area contributed by atoms with E-state index >= 15 is 0 Å². The quantitative estimate of drug-likeness (QED) is 0.449. The number of benzene rings is 2. The molecular weight excluding hydrogens is 510 g/mol. The van der Waals surface area contributed by atoms with Crippen LogP contribution in [0, 0.1) is 18.3 Å². The molecule has 1 saturated heterocycles. The molecule has 0 unspecified atom stereocenters. The number of piperidine rings is 1. The normalized spacial score (nSPS) is 26.6. The van der Waals surface area contributed by atoms with E-state index in [1.807, 2.05) is 37.3 Å². The molecule has 1 aliphatic heterocycles. The highest BCUT2D eigenvalue weighted by molar-refractivity contribution is 7.89. The highest BCUT2D eigenvalue weighted by atomic mass is 35.5. The number of amides is 1. The van der Waals surface area contributed by atoms with Crippen molar-refractivity contribution in [1.82, 2.24) is 14.6 Å². The number of aryl methyl sites for hydroxylation is 1. The van der Waals surface area contributed by atoms with Crippen molar-refractivity contribution in [3.8, 4) is 0 Å². The molecule has 2 aromatic carbocycles. The third-order valence-corrected chi connectivity index (χ3v) is 10.7. The van der Waals surface area contributed by atoms with Crippen LogP contribution in [0.3, 0.4) is 0 Å². The Kier molecular flexibility index (Phi) is 6.32. The first-order valence-corrected chi connectivity index (χ1v) is 14.9. The first kappa shape index (κ1) is 24.9. The van der Waals surface area contributed by atoms with Crippen molar-refractivity contribution in [3.63, 3.8) is 0 Å². The largest absolute Gasteiger partial charge is 0.440 e. The van der Waals surface area contributed by atoms with Crippen LogP contribution in [0.2, 0.25) is 5.02 Å². The van der Waals surface area contributed by atoms with Gasteiger partial charge in [-0.3, -0.25) is 4.79 Å². The number of hydrogen-bond donors (Lipinski definition) is 1. The van der Waals surface area contributed by atoms with Crippen LogP contribution >= 0.6 is 11.6 Å². The van der Waals surface area contributed by atoms with Gasteiger partial charge in [-0.2, -0.15) is 4.31 Å². The zero-order valence-electron chi connectivity index (χ0n) is 21.0. The molecule has 9 heteroatoms. The maximum Gasteiger partial charge on any atom is 0.243 e. The SMILES string of the molecule is Cc1ccc(S(=O)(=O)N2CCC(CC(=O)NC3CC4(C3)CC(c3nc5cc(Cl)ccc5o3)C4)CC2)cc1. The van der Waals surface area contributed by atoms with Gasteiger partial charge < -0.3 is 9.73 Å². The summed E-state index contributed by atoms with van der Waals surface area (Å²) >= 11 is 6.06. The number of fused-ring (bicyclic) bond motifs is 1. The lowest BCUT2D eigenvalue weighted by Gasteiger charge is -2.57. The van der Waals surface area contributed by atoms with Crippen LogP contribution in [-0.2, 0) is 14.8 Å². The molecule has 2 aliphatic carbocycles. The van der Waals surface area contributed by atoms with Gasteiger partial charge in [0.1, 0.15) is 5.52 Å². The Morgan fingerprint density at radius 3 is 2.51 bits per heavy atom. The van der Waals surface area contributed by atoms with E-state index < -0.39 is 10.0 Å². The van der Waals surface area contributed by atoms with Crippen LogP contribution < -0.4 is 5.32 Å². The van der Waals surface area contributed by atoms with Crippen LogP contribution in [0.25, 0.3) is 11.1 Å². The van der Waals surface area contributed by atoms with Crippen molar-refractivity contribution in [2.45, 2.75) is 68.7 Å². The molecule has 196 valence electrons. The highest BCUT2D eigenvalue weighted by Crippen LogP contribution is 2.61. The summed E-state index contributed by atoms with van der Waals surface area (Å²) in [6.07, 6.45) is 6.01. The first-order chi connectivity index (χ1) is 17.7. The Bertz CT molecular complexity index is 1410. The molecule has 3 fully saturated rings. The fraction of sp³-hybridized carbons (Fsp3) is 0.500. The lowest BCUT2D eigenvalue weighted by molar-refractivity contribution is -0.126. The molecule has 0 atom stereocenters. The molecule has 1 N–H and O–H groups in total. The molecule has 37 heavy (non-hydrogen) atoms. The zero-order valence-corrected chi connectivity index (χ0v) is 22.5. The maximum atomic E-state index is 12.9. The van der Waals surface area contributed by atoms with E-state index in [0.717, 1.165) is 48.2 Å². The molecular formula is C28H32ClN3O4S. The van der Waals surface area contributed by atoms with E-state index in [0.29, 0.717) is 53.6 Å². The van der Waals surface area contributed by atoms with Crippen molar-refractivity contribution in [1.29, 1.82) is 0 Å². The lowest BCUT2D eigenvalue weighted by Crippen LogP contribution is -2.55. The Balaban J connectivity index is 0.935. The summed E-state index contributed by atoms with van der Waals surface area (Å²) in [7, 11) is -3.47. The van der Waals surface area contributed by atoms with Crippen molar-refractivity contribution < 1.29 is 17.6 Å². The molecule has 7 nitrogen and oxygen atoms in total. The Morgan fingerprint density at radius 1 is 1.11 bits per heavy atom. The Labute approximate surface area is 222 Å². The summed E-state index contributed by atoms with van der Waals surface area (Å²) < 4.78 is 33.3. The number of nitrogens with zero attached hydrogens (tertiary/aromatic N) is 2. The zero-order chi connectivity index (χ0) is 25.8. The fourth-order valence-corrected chi connectivity index (χ4v) is 8.07. The van der Waals surface area contributed by atoms with Crippen LogP contribution in [0.4, 0.5) is 0 Å². The molecule has 6 rings (SSSR count). The monoisotopic (exact) mass is 541 g/mol. The van der Waals surface area contributed by atoms with Crippen molar-refractivity contribution in [2.24, 2.45) is 11.3 Å². The van der Waals surface area contributed by atoms with Crippen molar-refractivity contribution in [3.05, 3.63) is 58.9 Å². The van der Waals surface area contributed by atoms with Crippen molar-refractivity contribution >= 4 is 38.6 Å². The predicted molar refractivity (Wildman–Crippen MR) is 142 cm³/mol. The third-order valence-electron chi connectivity index (χ3n) is 8.50. The van der Waals surface area contributed by atoms with Crippen LogP contribution in [0.5, 0.6) is 0 Å². The van der Waals surface area contributed by atoms with E-state index in [1.165, 1.54) is 0 Å². The topological polar surface area (TPSA) is 92.5 Å². The molecule has 2 saturated carbocycles. The second kappa shape index (κ2) is 9.40. The lowest BCUT2D eigenvalue weighted by atomic mass is 9.50. The number of rotatable bonds is 6. The van der Waals surface area contributed by atoms with Gasteiger partial charge in [-0.05, 0) is 87.1 Å². The first-order valence-electron chi connectivity index (χ1n) is 13.1. The van der Waals surface area contributed by atoms with Gasteiger partial charge in [-0.1, -0.05) is 29.3 Å². The number of hydrogen-bond acceptors (Lipinski definition) is 5. The minimum Gasteiger partial charge on any atom is -0.440 e. The number of carbonyl (C=O) groups is 1. The second-order valence-electron chi connectivity index (χ2n) is 11.3. The van der Waals surface area contributed by atoms with Crippen LogP contribution in [-0.4, -0.2) is 42.7 Å². The van der Waals surface area contributed by atoms with Gasteiger partial charge in [0.15, 0.2) is 11.5 Å². The molecule has 1 spiro atoms. The third kappa shape index (κ3) is 4.91. The standard InChI is InChI=1S/C28H32ClN3O4S/c1-18-2-5-23(6-3-18)37(34,35)32-10-8-19(9-11-32)12-26(33)30-22-16-28(17-22)14-20(15-28)27-31-24-13-21(29)4-7-25(24)36-27/h2-7,13,19-20,22H,8-12,14-17H2,1H3,(H,30,33). The number of nitrogens with one attached hydrogen (secondary N) is 1. The van der Waals surface area contributed by atoms with Gasteiger partial charge in [0.25, 0.3) is 0 Å². The molecule has 3 aromatic rings. The van der Waals surface area contributed by atoms with Gasteiger partial charge in [0.05, 0.1) is 4.90 Å². The van der Waals surface area contributed by atoms with Crippen molar-refractivity contribution in [2.75, 3.05) is 13.1 Å². The molecule has 0 radical (unpaired) electrons. The van der Waals surface area contributed by atoms with E-state index in [-0.39, 0.29) is 17.9 Å². The molecule has 0 bridgehead atoms. The van der Waals surface area contributed by atoms with Crippen LogP contribution in [0.15, 0.2) is 51.8 Å². The number of oxazole rings is 1. The van der Waals surface area contributed by atoms with Gasteiger partial charge in [0.2, 0.25) is 15.9 Å². The molecule has 2 heterocycles. The fourth-order valence-electron chi connectivity index (χ4n) is 6.44. The van der Waals surface area contributed by atoms with E-state index in [2.05, 4.69) is 10.3 Å².